The Morgan fingerprint density at radius 2 is 1.96 bits per heavy atom. The SMILES string of the molecule is C[C@@]12CCCC34C(OC(C(O)C31)C13CCC(CC14)[C@](C)(O)C3)N1CCOC12. The summed E-state index contributed by atoms with van der Waals surface area (Å²) in [4.78, 5) is 2.53. The molecule has 4 aliphatic heterocycles. The lowest BCUT2D eigenvalue weighted by molar-refractivity contribution is -0.448. The van der Waals surface area contributed by atoms with Crippen LogP contribution < -0.4 is 0 Å². The molecule has 0 amide bonds. The minimum atomic E-state index is -0.599. The summed E-state index contributed by atoms with van der Waals surface area (Å²) in [6.45, 7) is 6.18. The van der Waals surface area contributed by atoms with Crippen LogP contribution in [-0.4, -0.2) is 58.5 Å². The highest BCUT2D eigenvalue weighted by Gasteiger charge is 2.82. The van der Waals surface area contributed by atoms with Gasteiger partial charge in [-0.25, -0.2) is 4.90 Å². The second kappa shape index (κ2) is 4.59. The van der Waals surface area contributed by atoms with E-state index >= 15 is 0 Å². The van der Waals surface area contributed by atoms with Gasteiger partial charge in [0.1, 0.15) is 12.5 Å². The minimum Gasteiger partial charge on any atom is -0.390 e. The highest BCUT2D eigenvalue weighted by atomic mass is 16.6. The molecule has 9 fully saturated rings. The van der Waals surface area contributed by atoms with E-state index in [1.54, 1.807) is 0 Å². The van der Waals surface area contributed by atoms with Crippen LogP contribution in [0.15, 0.2) is 0 Å². The van der Waals surface area contributed by atoms with Gasteiger partial charge in [0, 0.05) is 28.7 Å². The number of aliphatic hydroxyl groups is 2. The zero-order valence-electron chi connectivity index (χ0n) is 16.6. The molecule has 5 heteroatoms. The number of ether oxygens (including phenoxy) is 2. The van der Waals surface area contributed by atoms with E-state index in [1.165, 1.54) is 12.8 Å². The molecule has 4 saturated heterocycles. The summed E-state index contributed by atoms with van der Waals surface area (Å²) in [5.41, 5.74) is -0.567. The summed E-state index contributed by atoms with van der Waals surface area (Å²) in [6.07, 6.45) is 7.37. The van der Waals surface area contributed by atoms with Crippen molar-refractivity contribution in [1.82, 2.24) is 4.90 Å². The molecular weight excluding hydrogens is 342 g/mol. The first-order valence-corrected chi connectivity index (χ1v) is 11.3. The summed E-state index contributed by atoms with van der Waals surface area (Å²) < 4.78 is 13.1. The first-order valence-electron chi connectivity index (χ1n) is 11.3. The third-order valence-electron chi connectivity index (χ3n) is 10.7. The van der Waals surface area contributed by atoms with Crippen molar-refractivity contribution in [2.24, 2.45) is 34.0 Å². The summed E-state index contributed by atoms with van der Waals surface area (Å²) in [7, 11) is 0. The zero-order valence-corrected chi connectivity index (χ0v) is 16.6. The number of rotatable bonds is 0. The van der Waals surface area contributed by atoms with Crippen molar-refractivity contribution in [2.45, 2.75) is 89.1 Å². The summed E-state index contributed by atoms with van der Waals surface area (Å²) in [6, 6.07) is 0. The van der Waals surface area contributed by atoms with Gasteiger partial charge in [0.25, 0.3) is 0 Å². The molecule has 7 bridgehead atoms. The highest BCUT2D eigenvalue weighted by molar-refractivity contribution is 5.28. The van der Waals surface area contributed by atoms with Crippen molar-refractivity contribution in [3.05, 3.63) is 0 Å². The van der Waals surface area contributed by atoms with Crippen LogP contribution in [0.2, 0.25) is 0 Å². The largest absolute Gasteiger partial charge is 0.390 e. The first-order chi connectivity index (χ1) is 12.8. The molecular formula is C22H33NO4. The number of fused-ring (bicyclic) bond motifs is 4. The highest BCUT2D eigenvalue weighted by Crippen LogP contribution is 2.79. The van der Waals surface area contributed by atoms with Gasteiger partial charge >= 0.3 is 0 Å². The van der Waals surface area contributed by atoms with Crippen molar-refractivity contribution in [3.63, 3.8) is 0 Å². The molecule has 0 aromatic carbocycles. The molecule has 0 radical (unpaired) electrons. The number of aliphatic hydroxyl groups excluding tert-OH is 1. The van der Waals surface area contributed by atoms with Crippen LogP contribution in [0.25, 0.3) is 0 Å². The van der Waals surface area contributed by atoms with Gasteiger partial charge in [-0.05, 0) is 57.3 Å². The zero-order chi connectivity index (χ0) is 18.4. The standard InChI is InChI=1S/C22H33NO4/c1-19-5-3-6-22-13-10-12-4-7-21(13,11-20(12,2)25)16(14(24)15(19)22)27-18(22)23-8-9-26-17(19)23/h12-18,24-25H,3-11H2,1-2H3/t12?,13?,14?,15?,16?,17?,18?,19-,20-,21?,22?/m1/s1. The summed E-state index contributed by atoms with van der Waals surface area (Å²) >= 11 is 0. The molecule has 2 N–H and O–H groups in total. The molecule has 0 aromatic heterocycles. The fraction of sp³-hybridized carbons (Fsp3) is 1.00. The number of hydrogen-bond acceptors (Lipinski definition) is 5. The molecule has 150 valence electrons. The molecule has 0 aromatic rings. The Labute approximate surface area is 161 Å². The Morgan fingerprint density at radius 1 is 1.11 bits per heavy atom. The molecule has 9 aliphatic rings. The van der Waals surface area contributed by atoms with Crippen LogP contribution in [-0.2, 0) is 9.47 Å². The molecule has 9 rings (SSSR count). The van der Waals surface area contributed by atoms with Crippen LogP contribution in [0, 0.1) is 34.0 Å². The van der Waals surface area contributed by atoms with E-state index in [1.807, 2.05) is 6.92 Å². The second-order valence-corrected chi connectivity index (χ2v) is 11.6. The van der Waals surface area contributed by atoms with Gasteiger partial charge in [-0.3, -0.25) is 0 Å². The van der Waals surface area contributed by atoms with Gasteiger partial charge in [0.2, 0.25) is 0 Å². The molecule has 4 heterocycles. The molecule has 27 heavy (non-hydrogen) atoms. The van der Waals surface area contributed by atoms with E-state index < -0.39 is 11.7 Å². The van der Waals surface area contributed by atoms with E-state index in [0.717, 1.165) is 45.3 Å². The smallest absolute Gasteiger partial charge is 0.119 e. The van der Waals surface area contributed by atoms with Crippen molar-refractivity contribution < 1.29 is 19.7 Å². The Balaban J connectivity index is 1.45. The maximum Gasteiger partial charge on any atom is 0.119 e. The fourth-order valence-corrected chi connectivity index (χ4v) is 10.2. The van der Waals surface area contributed by atoms with Crippen molar-refractivity contribution >= 4 is 0 Å². The maximum absolute atomic E-state index is 11.7. The maximum atomic E-state index is 11.7. The average Bonchev–Trinajstić information content (AvgIpc) is 3.10. The normalized spacial score (nSPS) is 68.7. The van der Waals surface area contributed by atoms with Crippen molar-refractivity contribution in [2.75, 3.05) is 13.2 Å². The van der Waals surface area contributed by atoms with Gasteiger partial charge in [-0.15, -0.1) is 0 Å². The second-order valence-electron chi connectivity index (χ2n) is 11.6. The van der Waals surface area contributed by atoms with Crippen LogP contribution in [0.3, 0.4) is 0 Å². The van der Waals surface area contributed by atoms with E-state index in [4.69, 9.17) is 9.47 Å². The van der Waals surface area contributed by atoms with Gasteiger partial charge in [0.05, 0.1) is 24.4 Å². The monoisotopic (exact) mass is 375 g/mol. The molecule has 11 atom stereocenters. The van der Waals surface area contributed by atoms with Crippen molar-refractivity contribution in [3.8, 4) is 0 Å². The molecule has 5 aliphatic carbocycles. The van der Waals surface area contributed by atoms with E-state index in [-0.39, 0.29) is 40.7 Å². The lowest BCUT2D eigenvalue weighted by atomic mass is 9.31. The average molecular weight is 376 g/mol. The van der Waals surface area contributed by atoms with Crippen molar-refractivity contribution in [1.29, 1.82) is 0 Å². The lowest BCUT2D eigenvalue weighted by Crippen LogP contribution is -2.86. The summed E-state index contributed by atoms with van der Waals surface area (Å²) in [5.74, 6) is 1.28. The fourth-order valence-electron chi connectivity index (χ4n) is 10.2. The van der Waals surface area contributed by atoms with Gasteiger partial charge in [-0.1, -0.05) is 13.3 Å². The Bertz CT molecular complexity index is 712. The number of piperidine rings is 1. The third-order valence-corrected chi connectivity index (χ3v) is 10.7. The predicted molar refractivity (Wildman–Crippen MR) is 97.5 cm³/mol. The Kier molecular flexibility index (Phi) is 2.82. The van der Waals surface area contributed by atoms with E-state index in [2.05, 4.69) is 11.8 Å². The van der Waals surface area contributed by atoms with Crippen LogP contribution >= 0.6 is 0 Å². The van der Waals surface area contributed by atoms with Crippen LogP contribution in [0.4, 0.5) is 0 Å². The van der Waals surface area contributed by atoms with Gasteiger partial charge in [-0.2, -0.15) is 0 Å². The van der Waals surface area contributed by atoms with E-state index in [0.29, 0.717) is 11.8 Å². The first kappa shape index (κ1) is 16.6. The Morgan fingerprint density at radius 3 is 2.78 bits per heavy atom. The quantitative estimate of drug-likeness (QED) is 0.679. The Hall–Kier alpha value is -0.200. The van der Waals surface area contributed by atoms with Crippen LogP contribution in [0.5, 0.6) is 0 Å². The lowest BCUT2D eigenvalue weighted by Gasteiger charge is -2.81. The molecule has 5 saturated carbocycles. The molecule has 5 nitrogen and oxygen atoms in total. The van der Waals surface area contributed by atoms with Gasteiger partial charge < -0.3 is 19.7 Å². The molecule has 9 unspecified atom stereocenters. The number of hydrogen-bond donors (Lipinski definition) is 2. The third kappa shape index (κ3) is 1.53. The van der Waals surface area contributed by atoms with E-state index in [9.17, 15) is 10.2 Å². The van der Waals surface area contributed by atoms with Gasteiger partial charge in [0.15, 0.2) is 0 Å². The number of nitrogens with zero attached hydrogens (tertiary/aromatic N) is 1. The minimum absolute atomic E-state index is 0.0213. The predicted octanol–water partition coefficient (Wildman–Crippen LogP) is 2.11. The summed E-state index contributed by atoms with van der Waals surface area (Å²) in [5, 5.41) is 22.9. The van der Waals surface area contributed by atoms with Crippen LogP contribution in [0.1, 0.15) is 58.8 Å². The molecule has 2 spiro atoms. The topological polar surface area (TPSA) is 62.2 Å².